The minimum absolute atomic E-state index is 0.230. The van der Waals surface area contributed by atoms with Gasteiger partial charge in [0.15, 0.2) is 5.82 Å². The Bertz CT molecular complexity index is 891. The highest BCUT2D eigenvalue weighted by atomic mass is 32.1. The van der Waals surface area contributed by atoms with Crippen molar-refractivity contribution in [1.82, 2.24) is 25.2 Å². The Morgan fingerprint density at radius 1 is 1.35 bits per heavy atom. The molecule has 0 aliphatic rings. The zero-order valence-corrected chi connectivity index (χ0v) is 15.7. The summed E-state index contributed by atoms with van der Waals surface area (Å²) in [5.74, 6) is 1.02. The second-order valence-corrected chi connectivity index (χ2v) is 6.97. The van der Waals surface area contributed by atoms with Crippen molar-refractivity contribution in [3.05, 3.63) is 52.1 Å². The molecule has 0 saturated heterocycles. The van der Waals surface area contributed by atoms with Crippen LogP contribution in [0.3, 0.4) is 0 Å². The maximum atomic E-state index is 12.3. The third-order valence-corrected chi connectivity index (χ3v) is 4.50. The van der Waals surface area contributed by atoms with Crippen molar-refractivity contribution in [2.75, 3.05) is 12.4 Å². The lowest BCUT2D eigenvalue weighted by atomic mass is 10.1. The van der Waals surface area contributed by atoms with E-state index < -0.39 is 0 Å². The minimum Gasteiger partial charge on any atom is -0.337 e. The number of hydrogen-bond acceptors (Lipinski definition) is 7. The topological polar surface area (TPSA) is 97.0 Å². The standard InChI is InChI=1S/C17H20N6O2S/c1-4-13-18-14(25-22-13)10-23(3)17(24)19-16-21-20-15(26-16)9-12-7-5-6-11(2)8-12/h5-8H,4,9-10H2,1-3H3,(H,19,21,24). The van der Waals surface area contributed by atoms with Crippen LogP contribution in [0.4, 0.5) is 9.93 Å². The number of aromatic nitrogens is 4. The SMILES string of the molecule is CCc1noc(CN(C)C(=O)Nc2nnc(Cc3cccc(C)c3)s2)n1. The molecule has 2 amide bonds. The molecule has 0 radical (unpaired) electrons. The van der Waals surface area contributed by atoms with Gasteiger partial charge in [-0.05, 0) is 12.5 Å². The van der Waals surface area contributed by atoms with E-state index in [2.05, 4.69) is 50.8 Å². The second kappa shape index (κ2) is 8.05. The zero-order chi connectivity index (χ0) is 18.5. The minimum atomic E-state index is -0.306. The third kappa shape index (κ3) is 4.63. The van der Waals surface area contributed by atoms with Gasteiger partial charge in [0.2, 0.25) is 11.0 Å². The van der Waals surface area contributed by atoms with Gasteiger partial charge in [0.25, 0.3) is 0 Å². The quantitative estimate of drug-likeness (QED) is 0.714. The molecule has 136 valence electrons. The predicted molar refractivity (Wildman–Crippen MR) is 98.1 cm³/mol. The lowest BCUT2D eigenvalue weighted by Crippen LogP contribution is -2.30. The molecule has 0 aliphatic carbocycles. The van der Waals surface area contributed by atoms with Crippen LogP contribution >= 0.6 is 11.3 Å². The molecule has 2 heterocycles. The molecule has 3 rings (SSSR count). The summed E-state index contributed by atoms with van der Waals surface area (Å²) in [5, 5.41) is 16.1. The molecule has 2 aromatic heterocycles. The molecule has 9 heteroatoms. The Kier molecular flexibility index (Phi) is 5.57. The van der Waals surface area contributed by atoms with Gasteiger partial charge in [-0.15, -0.1) is 10.2 Å². The van der Waals surface area contributed by atoms with E-state index in [0.717, 1.165) is 5.01 Å². The van der Waals surface area contributed by atoms with Gasteiger partial charge in [-0.3, -0.25) is 5.32 Å². The van der Waals surface area contributed by atoms with Gasteiger partial charge < -0.3 is 9.42 Å². The summed E-state index contributed by atoms with van der Waals surface area (Å²) in [6.07, 6.45) is 1.38. The lowest BCUT2D eigenvalue weighted by molar-refractivity contribution is 0.213. The number of benzene rings is 1. The van der Waals surface area contributed by atoms with E-state index in [1.807, 2.05) is 13.0 Å². The average Bonchev–Trinajstić information content (AvgIpc) is 3.24. The van der Waals surface area contributed by atoms with E-state index >= 15 is 0 Å². The molecule has 0 saturated carbocycles. The van der Waals surface area contributed by atoms with Crippen LogP contribution in [0.2, 0.25) is 0 Å². The van der Waals surface area contributed by atoms with E-state index in [0.29, 0.717) is 29.7 Å². The predicted octanol–water partition coefficient (Wildman–Crippen LogP) is 3.05. The summed E-state index contributed by atoms with van der Waals surface area (Å²) in [4.78, 5) is 17.9. The number of urea groups is 1. The number of aryl methyl sites for hydroxylation is 2. The van der Waals surface area contributed by atoms with Crippen molar-refractivity contribution < 1.29 is 9.32 Å². The van der Waals surface area contributed by atoms with E-state index in [-0.39, 0.29) is 12.6 Å². The summed E-state index contributed by atoms with van der Waals surface area (Å²) < 4.78 is 5.10. The van der Waals surface area contributed by atoms with Gasteiger partial charge in [0, 0.05) is 19.9 Å². The number of amides is 2. The highest BCUT2D eigenvalue weighted by Gasteiger charge is 2.15. The van der Waals surface area contributed by atoms with Gasteiger partial charge >= 0.3 is 6.03 Å². The summed E-state index contributed by atoms with van der Waals surface area (Å²) in [5.41, 5.74) is 2.37. The van der Waals surface area contributed by atoms with Crippen LogP contribution in [-0.2, 0) is 19.4 Å². The Morgan fingerprint density at radius 3 is 2.92 bits per heavy atom. The molecule has 0 fully saturated rings. The van der Waals surface area contributed by atoms with Crippen LogP contribution in [0, 0.1) is 6.92 Å². The number of hydrogen-bond donors (Lipinski definition) is 1. The molecule has 0 unspecified atom stereocenters. The van der Waals surface area contributed by atoms with E-state index in [9.17, 15) is 4.79 Å². The van der Waals surface area contributed by atoms with E-state index in [1.165, 1.54) is 27.4 Å². The number of nitrogens with zero attached hydrogens (tertiary/aromatic N) is 5. The highest BCUT2D eigenvalue weighted by Crippen LogP contribution is 2.19. The first-order valence-electron chi connectivity index (χ1n) is 8.25. The molecule has 0 bridgehead atoms. The number of anilines is 1. The highest BCUT2D eigenvalue weighted by molar-refractivity contribution is 7.15. The van der Waals surface area contributed by atoms with Crippen molar-refractivity contribution >= 4 is 22.5 Å². The molecule has 1 N–H and O–H groups in total. The summed E-state index contributed by atoms with van der Waals surface area (Å²) in [6.45, 7) is 4.22. The van der Waals surface area contributed by atoms with Gasteiger partial charge in [0.1, 0.15) is 11.6 Å². The third-order valence-electron chi connectivity index (χ3n) is 3.66. The van der Waals surface area contributed by atoms with Crippen molar-refractivity contribution in [3.63, 3.8) is 0 Å². The second-order valence-electron chi connectivity index (χ2n) is 5.91. The molecule has 3 aromatic rings. The van der Waals surface area contributed by atoms with Crippen molar-refractivity contribution in [2.45, 2.75) is 33.2 Å². The Balaban J connectivity index is 1.56. The first kappa shape index (κ1) is 18.0. The molecule has 0 aliphatic heterocycles. The van der Waals surface area contributed by atoms with Gasteiger partial charge in [-0.2, -0.15) is 4.98 Å². The number of carbonyl (C=O) groups is 1. The Morgan fingerprint density at radius 2 is 2.19 bits per heavy atom. The summed E-state index contributed by atoms with van der Waals surface area (Å²) >= 11 is 1.36. The van der Waals surface area contributed by atoms with E-state index in [4.69, 9.17) is 4.52 Å². The monoisotopic (exact) mass is 372 g/mol. The Hall–Kier alpha value is -2.81. The molecule has 26 heavy (non-hydrogen) atoms. The smallest absolute Gasteiger partial charge is 0.323 e. The number of nitrogens with one attached hydrogen (secondary N) is 1. The number of rotatable bonds is 6. The lowest BCUT2D eigenvalue weighted by Gasteiger charge is -2.13. The van der Waals surface area contributed by atoms with Crippen LogP contribution < -0.4 is 5.32 Å². The maximum Gasteiger partial charge on any atom is 0.323 e. The fourth-order valence-corrected chi connectivity index (χ4v) is 3.10. The molecule has 0 atom stereocenters. The van der Waals surface area contributed by atoms with Crippen LogP contribution in [0.1, 0.15) is 34.8 Å². The summed E-state index contributed by atoms with van der Waals surface area (Å²) in [6, 6.07) is 7.93. The van der Waals surface area contributed by atoms with Crippen LogP contribution in [-0.4, -0.2) is 38.3 Å². The van der Waals surface area contributed by atoms with Crippen molar-refractivity contribution in [3.8, 4) is 0 Å². The molecule has 8 nitrogen and oxygen atoms in total. The zero-order valence-electron chi connectivity index (χ0n) is 14.9. The normalized spacial score (nSPS) is 10.7. The van der Waals surface area contributed by atoms with Gasteiger partial charge in [0.05, 0.1) is 0 Å². The Labute approximate surface area is 155 Å². The van der Waals surface area contributed by atoms with Gasteiger partial charge in [-0.1, -0.05) is 53.2 Å². The van der Waals surface area contributed by atoms with Crippen LogP contribution in [0.25, 0.3) is 0 Å². The largest absolute Gasteiger partial charge is 0.337 e. The first-order chi connectivity index (χ1) is 12.5. The van der Waals surface area contributed by atoms with E-state index in [1.54, 1.807) is 7.05 Å². The molecule has 0 spiro atoms. The van der Waals surface area contributed by atoms with Crippen molar-refractivity contribution in [2.24, 2.45) is 0 Å². The summed E-state index contributed by atoms with van der Waals surface area (Å²) in [7, 11) is 1.65. The fraction of sp³-hybridized carbons (Fsp3) is 0.353. The maximum absolute atomic E-state index is 12.3. The van der Waals surface area contributed by atoms with Crippen LogP contribution in [0.5, 0.6) is 0 Å². The van der Waals surface area contributed by atoms with Crippen LogP contribution in [0.15, 0.2) is 28.8 Å². The number of carbonyl (C=O) groups excluding carboxylic acids is 1. The fourth-order valence-electron chi connectivity index (χ4n) is 2.33. The molecular weight excluding hydrogens is 352 g/mol. The average molecular weight is 372 g/mol. The van der Waals surface area contributed by atoms with Crippen molar-refractivity contribution in [1.29, 1.82) is 0 Å². The molecule has 1 aromatic carbocycles. The first-order valence-corrected chi connectivity index (χ1v) is 9.06. The van der Waals surface area contributed by atoms with Gasteiger partial charge in [-0.25, -0.2) is 4.79 Å². The molecular formula is C17H20N6O2S.